The molecule has 2 aromatic carbocycles. The van der Waals surface area contributed by atoms with Gasteiger partial charge in [-0.25, -0.2) is 4.79 Å². The Morgan fingerprint density at radius 3 is 2.71 bits per heavy atom. The van der Waals surface area contributed by atoms with Gasteiger partial charge in [0.15, 0.2) is 23.0 Å². The molecule has 0 spiro atoms. The van der Waals surface area contributed by atoms with Crippen molar-refractivity contribution in [2.24, 2.45) is 5.92 Å². The zero-order valence-electron chi connectivity index (χ0n) is 15.6. The Bertz CT molecular complexity index is 948. The monoisotopic (exact) mass is 384 g/mol. The maximum atomic E-state index is 12.3. The average Bonchev–Trinajstić information content (AvgIpc) is 3.29. The Kier molecular flexibility index (Phi) is 4.73. The molecular formula is C21H20O7. The molecule has 1 fully saturated rings. The molecule has 2 aliphatic rings. The molecule has 1 atom stereocenters. The lowest BCUT2D eigenvalue weighted by atomic mass is 9.92. The third kappa shape index (κ3) is 3.31. The van der Waals surface area contributed by atoms with Crippen LogP contribution in [0.5, 0.6) is 28.7 Å². The fraction of sp³-hybridized carbons (Fsp3) is 0.286. The van der Waals surface area contributed by atoms with E-state index in [9.17, 15) is 9.90 Å². The van der Waals surface area contributed by atoms with Gasteiger partial charge in [-0.15, -0.1) is 0 Å². The molecule has 2 aromatic rings. The summed E-state index contributed by atoms with van der Waals surface area (Å²) in [6.07, 6.45) is 2.34. The second-order valence-electron chi connectivity index (χ2n) is 6.56. The molecule has 0 radical (unpaired) electrons. The number of carbonyl (C=O) groups is 1. The highest BCUT2D eigenvalue weighted by Crippen LogP contribution is 2.39. The standard InChI is InChI=1S/C21H20O7/c1-24-19-9-13(7-16(22)20(19)25-2)6-15-14(10-26-21(15)23)5-12-3-4-17-18(8-12)28-11-27-17/h3-4,6-9,14,22H,5,10-11H2,1-2H3. The van der Waals surface area contributed by atoms with Gasteiger partial charge in [0.05, 0.1) is 20.8 Å². The number of carbonyl (C=O) groups excluding carboxylic acids is 1. The van der Waals surface area contributed by atoms with Gasteiger partial charge in [-0.1, -0.05) is 6.07 Å². The summed E-state index contributed by atoms with van der Waals surface area (Å²) in [6.45, 7) is 0.524. The topological polar surface area (TPSA) is 83.5 Å². The van der Waals surface area contributed by atoms with Crippen molar-refractivity contribution in [3.8, 4) is 28.7 Å². The summed E-state index contributed by atoms with van der Waals surface area (Å²) < 4.78 is 26.4. The van der Waals surface area contributed by atoms with Crippen molar-refractivity contribution in [3.05, 3.63) is 47.0 Å². The molecule has 1 N–H and O–H groups in total. The van der Waals surface area contributed by atoms with Gasteiger partial charge in [0.2, 0.25) is 12.5 Å². The van der Waals surface area contributed by atoms with E-state index in [0.717, 1.165) is 11.3 Å². The minimum absolute atomic E-state index is 0.0626. The van der Waals surface area contributed by atoms with Gasteiger partial charge in [0.25, 0.3) is 0 Å². The molecule has 2 aliphatic heterocycles. The molecule has 2 heterocycles. The number of benzene rings is 2. The Morgan fingerprint density at radius 2 is 1.93 bits per heavy atom. The SMILES string of the molecule is COc1cc(C=C2C(=O)OCC2Cc2ccc3c(c2)OCO3)cc(O)c1OC. The number of aromatic hydroxyl groups is 1. The summed E-state index contributed by atoms with van der Waals surface area (Å²) >= 11 is 0. The second kappa shape index (κ2) is 7.34. The summed E-state index contributed by atoms with van der Waals surface area (Å²) in [6, 6.07) is 8.97. The molecule has 28 heavy (non-hydrogen) atoms. The van der Waals surface area contributed by atoms with Gasteiger partial charge in [-0.05, 0) is 47.9 Å². The highest BCUT2D eigenvalue weighted by molar-refractivity contribution is 5.96. The minimum Gasteiger partial charge on any atom is -0.504 e. The van der Waals surface area contributed by atoms with E-state index in [0.29, 0.717) is 35.7 Å². The van der Waals surface area contributed by atoms with E-state index < -0.39 is 0 Å². The third-order valence-corrected chi connectivity index (χ3v) is 4.81. The zero-order chi connectivity index (χ0) is 19.7. The summed E-state index contributed by atoms with van der Waals surface area (Å²) in [5.74, 6) is 1.52. The minimum atomic E-state index is -0.361. The van der Waals surface area contributed by atoms with Gasteiger partial charge in [-0.2, -0.15) is 0 Å². The molecule has 7 nitrogen and oxygen atoms in total. The first-order valence-electron chi connectivity index (χ1n) is 8.81. The fourth-order valence-electron chi connectivity index (χ4n) is 3.44. The first-order chi connectivity index (χ1) is 13.6. The van der Waals surface area contributed by atoms with Gasteiger partial charge in [0.1, 0.15) is 0 Å². The van der Waals surface area contributed by atoms with Crippen LogP contribution in [0.1, 0.15) is 11.1 Å². The van der Waals surface area contributed by atoms with Crippen molar-refractivity contribution in [2.75, 3.05) is 27.6 Å². The number of rotatable bonds is 5. The first kappa shape index (κ1) is 18.0. The number of hydrogen-bond donors (Lipinski definition) is 1. The highest BCUT2D eigenvalue weighted by atomic mass is 16.7. The fourth-order valence-corrected chi connectivity index (χ4v) is 3.44. The van der Waals surface area contributed by atoms with Gasteiger partial charge >= 0.3 is 5.97 Å². The number of cyclic esters (lactones) is 1. The van der Waals surface area contributed by atoms with Crippen molar-refractivity contribution < 1.29 is 33.6 Å². The van der Waals surface area contributed by atoms with E-state index in [1.54, 1.807) is 12.1 Å². The van der Waals surface area contributed by atoms with Crippen LogP contribution in [0.15, 0.2) is 35.9 Å². The van der Waals surface area contributed by atoms with E-state index in [1.165, 1.54) is 20.3 Å². The molecule has 0 aliphatic carbocycles. The molecule has 0 bridgehead atoms. The van der Waals surface area contributed by atoms with E-state index >= 15 is 0 Å². The maximum Gasteiger partial charge on any atom is 0.334 e. The number of phenols is 1. The lowest BCUT2D eigenvalue weighted by Crippen LogP contribution is -2.07. The predicted molar refractivity (Wildman–Crippen MR) is 99.9 cm³/mol. The smallest absolute Gasteiger partial charge is 0.334 e. The number of ether oxygens (including phenoxy) is 5. The van der Waals surface area contributed by atoms with Crippen LogP contribution in [-0.4, -0.2) is 38.7 Å². The Labute approximate surface area is 162 Å². The zero-order valence-corrected chi connectivity index (χ0v) is 15.6. The van der Waals surface area contributed by atoms with Crippen LogP contribution in [0.25, 0.3) is 6.08 Å². The molecule has 1 unspecified atom stereocenters. The number of phenolic OH excluding ortho intramolecular Hbond substituents is 1. The van der Waals surface area contributed by atoms with Crippen LogP contribution in [0, 0.1) is 5.92 Å². The Hall–Kier alpha value is -3.35. The van der Waals surface area contributed by atoms with E-state index in [-0.39, 0.29) is 30.2 Å². The van der Waals surface area contributed by atoms with Gasteiger partial charge in [0, 0.05) is 11.5 Å². The molecule has 1 saturated heterocycles. The first-order valence-corrected chi connectivity index (χ1v) is 8.81. The van der Waals surface area contributed by atoms with Crippen molar-refractivity contribution in [1.29, 1.82) is 0 Å². The summed E-state index contributed by atoms with van der Waals surface area (Å²) in [5, 5.41) is 10.2. The molecule has 4 rings (SSSR count). The quantitative estimate of drug-likeness (QED) is 0.627. The molecule has 0 amide bonds. The second-order valence-corrected chi connectivity index (χ2v) is 6.56. The number of hydrogen-bond acceptors (Lipinski definition) is 7. The lowest BCUT2D eigenvalue weighted by molar-refractivity contribution is -0.135. The van der Waals surface area contributed by atoms with Gasteiger partial charge in [-0.3, -0.25) is 0 Å². The van der Waals surface area contributed by atoms with Crippen LogP contribution in [0.2, 0.25) is 0 Å². The van der Waals surface area contributed by atoms with Crippen molar-refractivity contribution in [3.63, 3.8) is 0 Å². The van der Waals surface area contributed by atoms with E-state index in [2.05, 4.69) is 0 Å². The van der Waals surface area contributed by atoms with Crippen LogP contribution >= 0.6 is 0 Å². The summed E-state index contributed by atoms with van der Waals surface area (Å²) in [5.41, 5.74) is 2.19. The Morgan fingerprint density at radius 1 is 1.11 bits per heavy atom. The summed E-state index contributed by atoms with van der Waals surface area (Å²) in [4.78, 5) is 12.3. The number of fused-ring (bicyclic) bond motifs is 1. The average molecular weight is 384 g/mol. The van der Waals surface area contributed by atoms with Crippen molar-refractivity contribution >= 4 is 12.0 Å². The van der Waals surface area contributed by atoms with Crippen LogP contribution in [0.3, 0.4) is 0 Å². The highest BCUT2D eigenvalue weighted by Gasteiger charge is 2.31. The number of esters is 1. The van der Waals surface area contributed by atoms with E-state index in [4.69, 9.17) is 23.7 Å². The molecule has 0 aromatic heterocycles. The predicted octanol–water partition coefficient (Wildman–Crippen LogP) is 2.94. The maximum absolute atomic E-state index is 12.3. The molecule has 146 valence electrons. The lowest BCUT2D eigenvalue weighted by Gasteiger charge is -2.12. The van der Waals surface area contributed by atoms with Crippen molar-refractivity contribution in [1.82, 2.24) is 0 Å². The van der Waals surface area contributed by atoms with Crippen molar-refractivity contribution in [2.45, 2.75) is 6.42 Å². The third-order valence-electron chi connectivity index (χ3n) is 4.81. The van der Waals surface area contributed by atoms with Crippen LogP contribution in [-0.2, 0) is 16.0 Å². The normalized spacial score (nSPS) is 19.0. The molecular weight excluding hydrogens is 364 g/mol. The molecule has 0 saturated carbocycles. The Balaban J connectivity index is 1.62. The largest absolute Gasteiger partial charge is 0.504 e. The number of methoxy groups -OCH3 is 2. The van der Waals surface area contributed by atoms with Gasteiger partial charge < -0.3 is 28.8 Å². The summed E-state index contributed by atoms with van der Waals surface area (Å²) in [7, 11) is 2.94. The molecule has 7 heteroatoms. The van der Waals surface area contributed by atoms with Crippen LogP contribution in [0.4, 0.5) is 0 Å². The van der Waals surface area contributed by atoms with E-state index in [1.807, 2.05) is 18.2 Å². The van der Waals surface area contributed by atoms with Crippen LogP contribution < -0.4 is 18.9 Å².